The highest BCUT2D eigenvalue weighted by Crippen LogP contribution is 2.50. The average molecular weight is 423 g/mol. The Hall–Kier alpha value is -3.32. The van der Waals surface area contributed by atoms with Crippen molar-refractivity contribution < 1.29 is 24.2 Å². The van der Waals surface area contributed by atoms with E-state index in [4.69, 9.17) is 9.47 Å². The number of thiophene rings is 1. The largest absolute Gasteiger partial charge is 0.493 e. The van der Waals surface area contributed by atoms with Crippen molar-refractivity contribution in [2.75, 3.05) is 19.0 Å². The van der Waals surface area contributed by atoms with E-state index < -0.39 is 5.97 Å². The first-order valence-electron chi connectivity index (χ1n) is 9.59. The number of carboxylic acid groups (broad SMARTS) is 1. The van der Waals surface area contributed by atoms with Gasteiger partial charge in [-0.2, -0.15) is 0 Å². The lowest BCUT2D eigenvalue weighted by molar-refractivity contribution is -0.116. The summed E-state index contributed by atoms with van der Waals surface area (Å²) in [6, 6.07) is 14.9. The topological polar surface area (TPSA) is 84.9 Å². The summed E-state index contributed by atoms with van der Waals surface area (Å²) < 4.78 is 11.1. The predicted octanol–water partition coefficient (Wildman–Crippen LogP) is 4.99. The fraction of sp³-hybridized carbons (Fsp3) is 0.217. The van der Waals surface area contributed by atoms with E-state index in [2.05, 4.69) is 5.32 Å². The normalized spacial score (nSPS) is 15.3. The van der Waals surface area contributed by atoms with Crippen molar-refractivity contribution in [3.63, 3.8) is 0 Å². The standard InChI is InChI=1S/C23H21NO5S/c1-3-29-16-10-9-14(11-17(16)28-2)15-12-18(25)24-20-19(13-7-5-4-6-8-13)22(23(26)27)30-21(15)20/h4-11,15H,3,12H2,1-2H3,(H,24,25)(H,26,27)/t15-/m0/s1. The van der Waals surface area contributed by atoms with Gasteiger partial charge in [-0.15, -0.1) is 11.3 Å². The second-order valence-corrected chi connectivity index (χ2v) is 7.92. The lowest BCUT2D eigenvalue weighted by atomic mass is 9.88. The van der Waals surface area contributed by atoms with Crippen LogP contribution in [0.2, 0.25) is 0 Å². The van der Waals surface area contributed by atoms with Crippen LogP contribution in [0, 0.1) is 0 Å². The maximum atomic E-state index is 12.6. The zero-order chi connectivity index (χ0) is 21.3. The monoisotopic (exact) mass is 423 g/mol. The first-order valence-corrected chi connectivity index (χ1v) is 10.4. The van der Waals surface area contributed by atoms with E-state index in [1.807, 2.05) is 55.5 Å². The number of carboxylic acids is 1. The van der Waals surface area contributed by atoms with E-state index in [1.54, 1.807) is 7.11 Å². The molecule has 0 spiro atoms. The zero-order valence-electron chi connectivity index (χ0n) is 16.6. The SMILES string of the molecule is CCOc1ccc([C@@H]2CC(=O)Nc3c2sc(C(=O)O)c3-c2ccccc2)cc1OC. The molecule has 1 aliphatic heterocycles. The van der Waals surface area contributed by atoms with E-state index in [1.165, 1.54) is 11.3 Å². The van der Waals surface area contributed by atoms with Crippen molar-refractivity contribution in [1.29, 1.82) is 0 Å². The van der Waals surface area contributed by atoms with Crippen LogP contribution in [0.15, 0.2) is 48.5 Å². The highest BCUT2D eigenvalue weighted by atomic mass is 32.1. The third-order valence-corrected chi connectivity index (χ3v) is 6.34. The molecule has 1 atom stereocenters. The molecule has 2 heterocycles. The minimum Gasteiger partial charge on any atom is -0.493 e. The summed E-state index contributed by atoms with van der Waals surface area (Å²) in [6.07, 6.45) is 0.234. The number of carbonyl (C=O) groups excluding carboxylic acids is 1. The minimum absolute atomic E-state index is 0.146. The third-order valence-electron chi connectivity index (χ3n) is 5.05. The molecule has 2 N–H and O–H groups in total. The van der Waals surface area contributed by atoms with E-state index >= 15 is 0 Å². The first-order chi connectivity index (χ1) is 14.5. The molecule has 30 heavy (non-hydrogen) atoms. The van der Waals surface area contributed by atoms with Crippen LogP contribution in [0.3, 0.4) is 0 Å². The number of ether oxygens (including phenoxy) is 2. The maximum absolute atomic E-state index is 12.6. The van der Waals surface area contributed by atoms with Crippen molar-refractivity contribution in [3.8, 4) is 22.6 Å². The molecule has 0 unspecified atom stereocenters. The van der Waals surface area contributed by atoms with Gasteiger partial charge in [-0.3, -0.25) is 4.79 Å². The van der Waals surface area contributed by atoms with E-state index in [0.29, 0.717) is 29.4 Å². The van der Waals surface area contributed by atoms with Crippen LogP contribution in [0.4, 0.5) is 5.69 Å². The Morgan fingerprint density at radius 1 is 1.20 bits per heavy atom. The summed E-state index contributed by atoms with van der Waals surface area (Å²) in [5.74, 6) is -0.205. The van der Waals surface area contributed by atoms with Crippen LogP contribution in [0.1, 0.15) is 39.4 Å². The molecule has 7 heteroatoms. The average Bonchev–Trinajstić information content (AvgIpc) is 3.14. The molecule has 0 bridgehead atoms. The predicted molar refractivity (Wildman–Crippen MR) is 116 cm³/mol. The fourth-order valence-corrected chi connectivity index (χ4v) is 5.01. The van der Waals surface area contributed by atoms with Crippen molar-refractivity contribution in [3.05, 3.63) is 63.8 Å². The van der Waals surface area contributed by atoms with Gasteiger partial charge in [0, 0.05) is 22.8 Å². The number of hydrogen-bond acceptors (Lipinski definition) is 5. The number of fused-ring (bicyclic) bond motifs is 1. The number of rotatable bonds is 6. The van der Waals surface area contributed by atoms with Crippen LogP contribution >= 0.6 is 11.3 Å². The molecule has 2 aromatic carbocycles. The second-order valence-electron chi connectivity index (χ2n) is 6.86. The van der Waals surface area contributed by atoms with Gasteiger partial charge in [0.15, 0.2) is 11.5 Å². The molecule has 3 aromatic rings. The Kier molecular flexibility index (Phi) is 5.46. The van der Waals surface area contributed by atoms with Gasteiger partial charge < -0.3 is 19.9 Å². The van der Waals surface area contributed by atoms with E-state index in [0.717, 1.165) is 16.0 Å². The number of benzene rings is 2. The van der Waals surface area contributed by atoms with Crippen molar-refractivity contribution in [2.24, 2.45) is 0 Å². The van der Waals surface area contributed by atoms with Gasteiger partial charge in [0.1, 0.15) is 4.88 Å². The molecule has 154 valence electrons. The lowest BCUT2D eigenvalue weighted by Gasteiger charge is -2.24. The summed E-state index contributed by atoms with van der Waals surface area (Å²) in [7, 11) is 1.57. The first kappa shape index (κ1) is 20.0. The minimum atomic E-state index is -1.01. The molecule has 0 fully saturated rings. The zero-order valence-corrected chi connectivity index (χ0v) is 17.4. The number of nitrogens with one attached hydrogen (secondary N) is 1. The highest BCUT2D eigenvalue weighted by Gasteiger charge is 2.34. The van der Waals surface area contributed by atoms with Gasteiger partial charge in [0.2, 0.25) is 5.91 Å². The summed E-state index contributed by atoms with van der Waals surface area (Å²) in [6.45, 7) is 2.41. The molecule has 4 rings (SSSR count). The molecule has 0 aliphatic carbocycles. The van der Waals surface area contributed by atoms with E-state index in [9.17, 15) is 14.7 Å². The second kappa shape index (κ2) is 8.20. The van der Waals surface area contributed by atoms with Gasteiger partial charge in [-0.05, 0) is 30.2 Å². The van der Waals surface area contributed by atoms with Gasteiger partial charge in [0.25, 0.3) is 0 Å². The Labute approximate surface area is 178 Å². The van der Waals surface area contributed by atoms with E-state index in [-0.39, 0.29) is 23.1 Å². The van der Waals surface area contributed by atoms with Gasteiger partial charge >= 0.3 is 5.97 Å². The summed E-state index contributed by atoms with van der Waals surface area (Å²) in [5, 5.41) is 12.8. The smallest absolute Gasteiger partial charge is 0.346 e. The summed E-state index contributed by atoms with van der Waals surface area (Å²) in [5.41, 5.74) is 2.78. The fourth-order valence-electron chi connectivity index (χ4n) is 3.76. The van der Waals surface area contributed by atoms with Crippen molar-refractivity contribution in [2.45, 2.75) is 19.3 Å². The Bertz CT molecular complexity index is 1110. The molecule has 0 radical (unpaired) electrons. The molecule has 1 aliphatic rings. The van der Waals surface area contributed by atoms with Crippen LogP contribution in [0.5, 0.6) is 11.5 Å². The quantitative estimate of drug-likeness (QED) is 0.583. The number of amides is 1. The molecule has 0 saturated heterocycles. The van der Waals surface area contributed by atoms with Crippen molar-refractivity contribution in [1.82, 2.24) is 0 Å². The maximum Gasteiger partial charge on any atom is 0.346 e. The number of hydrogen-bond donors (Lipinski definition) is 2. The van der Waals surface area contributed by atoms with Gasteiger partial charge in [-0.25, -0.2) is 4.79 Å². The van der Waals surface area contributed by atoms with Crippen LogP contribution in [0.25, 0.3) is 11.1 Å². The number of anilines is 1. The van der Waals surface area contributed by atoms with Crippen LogP contribution < -0.4 is 14.8 Å². The number of aromatic carboxylic acids is 1. The molecule has 0 saturated carbocycles. The van der Waals surface area contributed by atoms with Crippen LogP contribution in [-0.4, -0.2) is 30.7 Å². The van der Waals surface area contributed by atoms with Crippen molar-refractivity contribution >= 4 is 28.9 Å². The van der Waals surface area contributed by atoms with Gasteiger partial charge in [-0.1, -0.05) is 36.4 Å². The number of carbonyl (C=O) groups is 2. The Morgan fingerprint density at radius 3 is 2.63 bits per heavy atom. The summed E-state index contributed by atoms with van der Waals surface area (Å²) in [4.78, 5) is 25.7. The molecular weight excluding hydrogens is 402 g/mol. The van der Waals surface area contributed by atoms with Gasteiger partial charge in [0.05, 0.1) is 19.4 Å². The number of methoxy groups -OCH3 is 1. The Balaban J connectivity index is 1.87. The molecule has 1 amide bonds. The molecule has 1 aromatic heterocycles. The molecular formula is C23H21NO5S. The molecule has 6 nitrogen and oxygen atoms in total. The lowest BCUT2D eigenvalue weighted by Crippen LogP contribution is -2.22. The summed E-state index contributed by atoms with van der Waals surface area (Å²) >= 11 is 1.21. The van der Waals surface area contributed by atoms with Crippen LogP contribution in [-0.2, 0) is 4.79 Å². The third kappa shape index (κ3) is 3.52. The highest BCUT2D eigenvalue weighted by molar-refractivity contribution is 7.15. The Morgan fingerprint density at radius 2 is 1.97 bits per heavy atom.